The molecule has 0 aliphatic heterocycles. The fourth-order valence-electron chi connectivity index (χ4n) is 0.899. The van der Waals surface area contributed by atoms with Gasteiger partial charge in [-0.05, 0) is 12.5 Å². The molecule has 1 aromatic heterocycles. The average molecular weight is 213 g/mol. The topological polar surface area (TPSA) is 61.0 Å². The SMILES string of the molecule is COCC(N)CSc1ncc(C)cn1. The van der Waals surface area contributed by atoms with E-state index in [-0.39, 0.29) is 6.04 Å². The predicted molar refractivity (Wildman–Crippen MR) is 57.3 cm³/mol. The number of methoxy groups -OCH3 is 1. The molecule has 4 nitrogen and oxygen atoms in total. The maximum atomic E-state index is 5.76. The van der Waals surface area contributed by atoms with Crippen molar-refractivity contribution >= 4 is 11.8 Å². The minimum atomic E-state index is 0.0369. The van der Waals surface area contributed by atoms with E-state index < -0.39 is 0 Å². The van der Waals surface area contributed by atoms with Gasteiger partial charge < -0.3 is 10.5 Å². The van der Waals surface area contributed by atoms with Gasteiger partial charge in [-0.1, -0.05) is 11.8 Å². The lowest BCUT2D eigenvalue weighted by atomic mass is 10.4. The van der Waals surface area contributed by atoms with Crippen LogP contribution >= 0.6 is 11.8 Å². The van der Waals surface area contributed by atoms with E-state index in [0.29, 0.717) is 6.61 Å². The van der Waals surface area contributed by atoms with Crippen molar-refractivity contribution in [1.29, 1.82) is 0 Å². The normalized spacial score (nSPS) is 12.8. The summed E-state index contributed by atoms with van der Waals surface area (Å²) in [5.41, 5.74) is 6.83. The lowest BCUT2D eigenvalue weighted by molar-refractivity contribution is 0.186. The van der Waals surface area contributed by atoms with Crippen molar-refractivity contribution in [2.75, 3.05) is 19.5 Å². The molecule has 0 spiro atoms. The zero-order chi connectivity index (χ0) is 10.4. The number of hydrogen-bond donors (Lipinski definition) is 1. The van der Waals surface area contributed by atoms with Crippen LogP contribution < -0.4 is 5.73 Å². The maximum absolute atomic E-state index is 5.76. The molecule has 2 N–H and O–H groups in total. The molecule has 78 valence electrons. The highest BCUT2D eigenvalue weighted by Gasteiger charge is 2.04. The Bertz CT molecular complexity index is 265. The van der Waals surface area contributed by atoms with Crippen LogP contribution in [-0.2, 0) is 4.74 Å². The Morgan fingerprint density at radius 1 is 1.50 bits per heavy atom. The molecule has 1 unspecified atom stereocenters. The third-order valence-corrected chi connectivity index (χ3v) is 2.63. The van der Waals surface area contributed by atoms with Gasteiger partial charge in [0.25, 0.3) is 0 Å². The van der Waals surface area contributed by atoms with Gasteiger partial charge in [-0.25, -0.2) is 9.97 Å². The van der Waals surface area contributed by atoms with E-state index in [4.69, 9.17) is 10.5 Å². The molecule has 1 aromatic rings. The Hall–Kier alpha value is -0.650. The molecule has 0 aliphatic rings. The molecule has 1 atom stereocenters. The molecule has 0 aromatic carbocycles. The number of hydrogen-bond acceptors (Lipinski definition) is 5. The molecular weight excluding hydrogens is 198 g/mol. The van der Waals surface area contributed by atoms with Crippen LogP contribution in [0, 0.1) is 6.92 Å². The lowest BCUT2D eigenvalue weighted by Crippen LogP contribution is -2.28. The highest BCUT2D eigenvalue weighted by molar-refractivity contribution is 7.99. The van der Waals surface area contributed by atoms with Crippen LogP contribution in [0.2, 0.25) is 0 Å². The van der Waals surface area contributed by atoms with Crippen molar-refractivity contribution in [3.8, 4) is 0 Å². The quantitative estimate of drug-likeness (QED) is 0.580. The molecule has 14 heavy (non-hydrogen) atoms. The van der Waals surface area contributed by atoms with Crippen LogP contribution in [0.15, 0.2) is 17.6 Å². The van der Waals surface area contributed by atoms with Crippen LogP contribution in [-0.4, -0.2) is 35.5 Å². The summed E-state index contributed by atoms with van der Waals surface area (Å²) in [5, 5.41) is 0.766. The first-order valence-corrected chi connectivity index (χ1v) is 5.37. The molecule has 1 heterocycles. The molecule has 0 saturated heterocycles. The summed E-state index contributed by atoms with van der Waals surface area (Å²) in [6.45, 7) is 2.53. The van der Waals surface area contributed by atoms with Gasteiger partial charge in [0.05, 0.1) is 6.61 Å². The van der Waals surface area contributed by atoms with E-state index in [2.05, 4.69) is 9.97 Å². The van der Waals surface area contributed by atoms with Gasteiger partial charge in [0, 0.05) is 31.3 Å². The fourth-order valence-corrected chi connectivity index (χ4v) is 1.61. The second-order valence-corrected chi connectivity index (χ2v) is 4.06. The first kappa shape index (κ1) is 11.4. The van der Waals surface area contributed by atoms with Gasteiger partial charge in [0.1, 0.15) is 0 Å². The maximum Gasteiger partial charge on any atom is 0.187 e. The zero-order valence-electron chi connectivity index (χ0n) is 8.43. The number of rotatable bonds is 5. The van der Waals surface area contributed by atoms with Crippen LogP contribution in [0.1, 0.15) is 5.56 Å². The van der Waals surface area contributed by atoms with Gasteiger partial charge in [-0.3, -0.25) is 0 Å². The largest absolute Gasteiger partial charge is 0.383 e. The monoisotopic (exact) mass is 213 g/mol. The van der Waals surface area contributed by atoms with Crippen molar-refractivity contribution in [3.63, 3.8) is 0 Å². The van der Waals surface area contributed by atoms with E-state index in [1.54, 1.807) is 31.3 Å². The minimum absolute atomic E-state index is 0.0369. The smallest absolute Gasteiger partial charge is 0.187 e. The van der Waals surface area contributed by atoms with Crippen LogP contribution in [0.4, 0.5) is 0 Å². The van der Waals surface area contributed by atoms with Gasteiger partial charge in [0.15, 0.2) is 5.16 Å². The Morgan fingerprint density at radius 3 is 2.71 bits per heavy atom. The molecule has 0 amide bonds. The summed E-state index contributed by atoms with van der Waals surface area (Å²) in [7, 11) is 1.65. The minimum Gasteiger partial charge on any atom is -0.383 e. The highest BCUT2D eigenvalue weighted by atomic mass is 32.2. The summed E-state index contributed by atoms with van der Waals surface area (Å²) in [6.07, 6.45) is 3.61. The zero-order valence-corrected chi connectivity index (χ0v) is 9.25. The van der Waals surface area contributed by atoms with Gasteiger partial charge in [0.2, 0.25) is 0 Å². The number of nitrogens with two attached hydrogens (primary N) is 1. The summed E-state index contributed by atoms with van der Waals surface area (Å²) in [5.74, 6) is 0.775. The Kier molecular flexibility index (Phi) is 4.86. The average Bonchev–Trinajstić information content (AvgIpc) is 2.17. The standard InChI is InChI=1S/C9H15N3OS/c1-7-3-11-9(12-4-7)14-6-8(10)5-13-2/h3-4,8H,5-6,10H2,1-2H3. The Morgan fingerprint density at radius 2 is 2.14 bits per heavy atom. The number of thioether (sulfide) groups is 1. The van der Waals surface area contributed by atoms with Crippen LogP contribution in [0.3, 0.4) is 0 Å². The molecule has 1 rings (SSSR count). The summed E-state index contributed by atoms with van der Waals surface area (Å²) in [4.78, 5) is 8.33. The van der Waals surface area contributed by atoms with Gasteiger partial charge in [-0.15, -0.1) is 0 Å². The van der Waals surface area contributed by atoms with Crippen molar-refractivity contribution in [2.45, 2.75) is 18.1 Å². The molecule has 5 heteroatoms. The summed E-state index contributed by atoms with van der Waals surface area (Å²) < 4.78 is 4.93. The number of nitrogens with zero attached hydrogens (tertiary/aromatic N) is 2. The lowest BCUT2D eigenvalue weighted by Gasteiger charge is -2.08. The Labute approximate surface area is 88.3 Å². The van der Waals surface area contributed by atoms with E-state index in [1.165, 1.54) is 0 Å². The van der Waals surface area contributed by atoms with Crippen LogP contribution in [0.25, 0.3) is 0 Å². The van der Waals surface area contributed by atoms with E-state index in [9.17, 15) is 0 Å². The van der Waals surface area contributed by atoms with Gasteiger partial charge in [-0.2, -0.15) is 0 Å². The third-order valence-electron chi connectivity index (χ3n) is 1.56. The predicted octanol–water partition coefficient (Wildman–Crippen LogP) is 0.851. The molecular formula is C9H15N3OS. The first-order chi connectivity index (χ1) is 6.72. The molecule has 0 saturated carbocycles. The summed E-state index contributed by atoms with van der Waals surface area (Å²) in [6, 6.07) is 0.0369. The molecule has 0 radical (unpaired) electrons. The van der Waals surface area contributed by atoms with Crippen molar-refractivity contribution in [1.82, 2.24) is 9.97 Å². The van der Waals surface area contributed by atoms with E-state index in [0.717, 1.165) is 16.5 Å². The number of aryl methyl sites for hydroxylation is 1. The molecule has 0 fully saturated rings. The van der Waals surface area contributed by atoms with Crippen LogP contribution in [0.5, 0.6) is 0 Å². The summed E-state index contributed by atoms with van der Waals surface area (Å²) >= 11 is 1.55. The highest BCUT2D eigenvalue weighted by Crippen LogP contribution is 2.12. The van der Waals surface area contributed by atoms with Gasteiger partial charge >= 0.3 is 0 Å². The van der Waals surface area contributed by atoms with Crippen molar-refractivity contribution in [2.24, 2.45) is 5.73 Å². The van der Waals surface area contributed by atoms with E-state index in [1.807, 2.05) is 6.92 Å². The molecule has 0 bridgehead atoms. The first-order valence-electron chi connectivity index (χ1n) is 4.38. The molecule has 0 aliphatic carbocycles. The number of ether oxygens (including phenoxy) is 1. The van der Waals surface area contributed by atoms with E-state index >= 15 is 0 Å². The second kappa shape index (κ2) is 5.95. The second-order valence-electron chi connectivity index (χ2n) is 3.07. The van der Waals surface area contributed by atoms with Crippen molar-refractivity contribution < 1.29 is 4.74 Å². The Balaban J connectivity index is 2.34. The van der Waals surface area contributed by atoms with Crippen molar-refractivity contribution in [3.05, 3.63) is 18.0 Å². The number of aromatic nitrogens is 2. The third kappa shape index (κ3) is 4.04. The fraction of sp³-hybridized carbons (Fsp3) is 0.556.